The molecule has 4 heteroatoms. The number of carbonyl (C=O) groups is 1. The number of aromatic nitrogens is 2. The van der Waals surface area contributed by atoms with E-state index in [0.717, 1.165) is 23.2 Å². The molecule has 0 saturated carbocycles. The summed E-state index contributed by atoms with van der Waals surface area (Å²) in [6.07, 6.45) is 5.47. The van der Waals surface area contributed by atoms with Crippen LogP contribution in [0.1, 0.15) is 38.7 Å². The average molecular weight is 381 g/mol. The summed E-state index contributed by atoms with van der Waals surface area (Å²) in [5, 5.41) is 3.20. The molecule has 1 heterocycles. The van der Waals surface area contributed by atoms with Crippen LogP contribution in [-0.2, 0) is 6.54 Å². The Morgan fingerprint density at radius 1 is 0.966 bits per heavy atom. The Morgan fingerprint density at radius 3 is 2.41 bits per heavy atom. The molecule has 4 aromatic rings. The SMILES string of the molecule is Cc1cccc([C@H](NC(=O)c2ccc(Cn3ccnc3)cc2)c2ccccc2)c1. The minimum absolute atomic E-state index is 0.0884. The van der Waals surface area contributed by atoms with Crippen molar-refractivity contribution in [1.82, 2.24) is 14.9 Å². The number of nitrogens with zero attached hydrogens (tertiary/aromatic N) is 2. The molecule has 3 aromatic carbocycles. The van der Waals surface area contributed by atoms with Crippen molar-refractivity contribution in [1.29, 1.82) is 0 Å². The van der Waals surface area contributed by atoms with E-state index in [9.17, 15) is 4.79 Å². The van der Waals surface area contributed by atoms with Crippen LogP contribution in [0.5, 0.6) is 0 Å². The Hall–Kier alpha value is -3.66. The van der Waals surface area contributed by atoms with Crippen LogP contribution in [0, 0.1) is 6.92 Å². The fraction of sp³-hybridized carbons (Fsp3) is 0.120. The smallest absolute Gasteiger partial charge is 0.252 e. The van der Waals surface area contributed by atoms with Gasteiger partial charge in [0.15, 0.2) is 0 Å². The minimum atomic E-state index is -0.200. The third-order valence-electron chi connectivity index (χ3n) is 4.92. The van der Waals surface area contributed by atoms with Gasteiger partial charge in [-0.2, -0.15) is 0 Å². The molecule has 144 valence electrons. The zero-order valence-corrected chi connectivity index (χ0v) is 16.3. The summed E-state index contributed by atoms with van der Waals surface area (Å²) in [6, 6.07) is 25.8. The summed E-state index contributed by atoms with van der Waals surface area (Å²) in [5.41, 5.74) is 5.07. The van der Waals surface area contributed by atoms with E-state index in [4.69, 9.17) is 0 Å². The van der Waals surface area contributed by atoms with Crippen molar-refractivity contribution in [3.8, 4) is 0 Å². The van der Waals surface area contributed by atoms with E-state index in [-0.39, 0.29) is 11.9 Å². The molecular formula is C25H23N3O. The molecule has 0 aliphatic carbocycles. The first kappa shape index (κ1) is 18.7. The molecule has 0 radical (unpaired) electrons. The molecule has 0 aliphatic rings. The molecule has 4 nitrogen and oxygen atoms in total. The fourth-order valence-electron chi connectivity index (χ4n) is 3.42. The molecule has 29 heavy (non-hydrogen) atoms. The third-order valence-corrected chi connectivity index (χ3v) is 4.92. The van der Waals surface area contributed by atoms with E-state index in [1.165, 1.54) is 5.56 Å². The van der Waals surface area contributed by atoms with Crippen molar-refractivity contribution in [3.63, 3.8) is 0 Å². The lowest BCUT2D eigenvalue weighted by molar-refractivity contribution is 0.0943. The number of hydrogen-bond acceptors (Lipinski definition) is 2. The lowest BCUT2D eigenvalue weighted by Crippen LogP contribution is -2.29. The quantitative estimate of drug-likeness (QED) is 0.523. The predicted molar refractivity (Wildman–Crippen MR) is 115 cm³/mol. The minimum Gasteiger partial charge on any atom is -0.341 e. The van der Waals surface area contributed by atoms with Gasteiger partial charge in [0.1, 0.15) is 0 Å². The number of carbonyl (C=O) groups excluding carboxylic acids is 1. The van der Waals surface area contributed by atoms with Crippen molar-refractivity contribution in [2.24, 2.45) is 0 Å². The molecule has 1 amide bonds. The molecule has 0 saturated heterocycles. The largest absolute Gasteiger partial charge is 0.341 e. The maximum absolute atomic E-state index is 13.0. The third kappa shape index (κ3) is 4.61. The fourth-order valence-corrected chi connectivity index (χ4v) is 3.42. The Kier molecular flexibility index (Phi) is 5.52. The number of imidazole rings is 1. The predicted octanol–water partition coefficient (Wildman–Crippen LogP) is 4.76. The number of hydrogen-bond donors (Lipinski definition) is 1. The van der Waals surface area contributed by atoms with Gasteiger partial charge in [-0.25, -0.2) is 4.98 Å². The van der Waals surface area contributed by atoms with Crippen LogP contribution in [-0.4, -0.2) is 15.5 Å². The second-order valence-electron chi connectivity index (χ2n) is 7.16. The standard InChI is InChI=1S/C25H23N3O/c1-19-6-5-9-23(16-19)24(21-7-3-2-4-8-21)27-25(29)22-12-10-20(11-13-22)17-28-15-14-26-18-28/h2-16,18,24H,17H2,1H3,(H,27,29)/t24-/m1/s1. The number of nitrogens with one attached hydrogen (secondary N) is 1. The van der Waals surface area contributed by atoms with Gasteiger partial charge in [0.2, 0.25) is 0 Å². The molecule has 0 aliphatic heterocycles. The van der Waals surface area contributed by atoms with E-state index in [0.29, 0.717) is 5.56 Å². The van der Waals surface area contributed by atoms with Gasteiger partial charge in [0, 0.05) is 24.5 Å². The number of amides is 1. The zero-order chi connectivity index (χ0) is 20.1. The summed E-state index contributed by atoms with van der Waals surface area (Å²) in [5.74, 6) is -0.0884. The van der Waals surface area contributed by atoms with E-state index in [1.54, 1.807) is 12.5 Å². The molecule has 4 rings (SSSR count). The van der Waals surface area contributed by atoms with Gasteiger partial charge >= 0.3 is 0 Å². The Morgan fingerprint density at radius 2 is 1.72 bits per heavy atom. The highest BCUT2D eigenvalue weighted by atomic mass is 16.1. The molecule has 0 bridgehead atoms. The average Bonchev–Trinajstić information content (AvgIpc) is 3.26. The lowest BCUT2D eigenvalue weighted by Gasteiger charge is -2.20. The van der Waals surface area contributed by atoms with E-state index in [2.05, 4.69) is 35.4 Å². The highest BCUT2D eigenvalue weighted by molar-refractivity contribution is 5.94. The highest BCUT2D eigenvalue weighted by Gasteiger charge is 2.18. The summed E-state index contributed by atoms with van der Waals surface area (Å²) in [6.45, 7) is 2.80. The first-order chi connectivity index (χ1) is 14.2. The van der Waals surface area contributed by atoms with Crippen molar-refractivity contribution < 1.29 is 4.79 Å². The highest BCUT2D eigenvalue weighted by Crippen LogP contribution is 2.23. The first-order valence-electron chi connectivity index (χ1n) is 9.66. The number of benzene rings is 3. The van der Waals surface area contributed by atoms with Gasteiger partial charge in [-0.05, 0) is 35.7 Å². The maximum Gasteiger partial charge on any atom is 0.252 e. The van der Waals surface area contributed by atoms with Crippen molar-refractivity contribution >= 4 is 5.91 Å². The lowest BCUT2D eigenvalue weighted by atomic mass is 9.97. The molecule has 1 atom stereocenters. The van der Waals surface area contributed by atoms with Crippen LogP contribution in [0.25, 0.3) is 0 Å². The summed E-state index contributed by atoms with van der Waals surface area (Å²) >= 11 is 0. The van der Waals surface area contributed by atoms with Crippen LogP contribution >= 0.6 is 0 Å². The second-order valence-corrected chi connectivity index (χ2v) is 7.16. The van der Waals surface area contributed by atoms with Crippen molar-refractivity contribution in [2.45, 2.75) is 19.5 Å². The van der Waals surface area contributed by atoms with Gasteiger partial charge in [-0.15, -0.1) is 0 Å². The summed E-state index contributed by atoms with van der Waals surface area (Å²) in [4.78, 5) is 17.0. The monoisotopic (exact) mass is 381 g/mol. The van der Waals surface area contributed by atoms with Crippen LogP contribution in [0.4, 0.5) is 0 Å². The summed E-state index contributed by atoms with van der Waals surface area (Å²) < 4.78 is 2.00. The van der Waals surface area contributed by atoms with Gasteiger partial charge in [-0.3, -0.25) is 4.79 Å². The van der Waals surface area contributed by atoms with Crippen molar-refractivity contribution in [3.05, 3.63) is 125 Å². The normalized spacial score (nSPS) is 11.8. The van der Waals surface area contributed by atoms with Crippen LogP contribution < -0.4 is 5.32 Å². The topological polar surface area (TPSA) is 46.9 Å². The van der Waals surface area contributed by atoms with Gasteiger partial charge in [-0.1, -0.05) is 72.3 Å². The number of rotatable bonds is 6. The van der Waals surface area contributed by atoms with Crippen molar-refractivity contribution in [2.75, 3.05) is 0 Å². The molecular weight excluding hydrogens is 358 g/mol. The summed E-state index contributed by atoms with van der Waals surface area (Å²) in [7, 11) is 0. The van der Waals surface area contributed by atoms with E-state index in [1.807, 2.05) is 71.4 Å². The van der Waals surface area contributed by atoms with Gasteiger partial charge < -0.3 is 9.88 Å². The zero-order valence-electron chi connectivity index (χ0n) is 16.3. The molecule has 1 N–H and O–H groups in total. The molecule has 0 unspecified atom stereocenters. The van der Waals surface area contributed by atoms with Crippen LogP contribution in [0.2, 0.25) is 0 Å². The van der Waals surface area contributed by atoms with Gasteiger partial charge in [0.25, 0.3) is 5.91 Å². The molecule has 0 fully saturated rings. The maximum atomic E-state index is 13.0. The van der Waals surface area contributed by atoms with Crippen LogP contribution in [0.15, 0.2) is 97.6 Å². The van der Waals surface area contributed by atoms with Gasteiger partial charge in [0.05, 0.1) is 12.4 Å². The number of aryl methyl sites for hydroxylation is 1. The molecule has 0 spiro atoms. The van der Waals surface area contributed by atoms with E-state index >= 15 is 0 Å². The molecule has 1 aromatic heterocycles. The van der Waals surface area contributed by atoms with E-state index < -0.39 is 0 Å². The second kappa shape index (κ2) is 8.57. The Labute approximate surface area is 170 Å². The Balaban J connectivity index is 1.55. The van der Waals surface area contributed by atoms with Crippen LogP contribution in [0.3, 0.4) is 0 Å². The Bertz CT molecular complexity index is 1070. The first-order valence-corrected chi connectivity index (χ1v) is 9.66.